The molecular formula is C21H23N5O2. The molecule has 7 nitrogen and oxygen atoms in total. The summed E-state index contributed by atoms with van der Waals surface area (Å²) in [6, 6.07) is 13.0. The molecule has 0 atom stereocenters. The summed E-state index contributed by atoms with van der Waals surface area (Å²) in [5, 5.41) is 10.9. The standard InChI is InChI=1S/C21H23N5O2/c1-2-3-4-12-28-18-9-7-17(8-10-18)19-13-20(25-24-19)21(27)26-23-15-16-6-5-11-22-14-16/h5-11,13-15H,2-4,12H2,1H3,(H,24,25)(H,26,27)/b23-15-. The number of nitrogens with zero attached hydrogens (tertiary/aromatic N) is 3. The van der Waals surface area contributed by atoms with Crippen LogP contribution in [-0.2, 0) is 0 Å². The van der Waals surface area contributed by atoms with E-state index in [4.69, 9.17) is 4.74 Å². The third kappa shape index (κ3) is 5.51. The van der Waals surface area contributed by atoms with E-state index >= 15 is 0 Å². The lowest BCUT2D eigenvalue weighted by molar-refractivity contribution is 0.0950. The van der Waals surface area contributed by atoms with Crippen molar-refractivity contribution in [1.82, 2.24) is 20.6 Å². The Morgan fingerprint density at radius 2 is 2.11 bits per heavy atom. The summed E-state index contributed by atoms with van der Waals surface area (Å²) in [5.74, 6) is 0.466. The number of hydrogen-bond donors (Lipinski definition) is 2. The first-order valence-corrected chi connectivity index (χ1v) is 9.28. The molecule has 0 aliphatic rings. The number of H-pyrrole nitrogens is 1. The summed E-state index contributed by atoms with van der Waals surface area (Å²) in [5.41, 5.74) is 5.17. The quantitative estimate of drug-likeness (QED) is 0.337. The van der Waals surface area contributed by atoms with Crippen LogP contribution in [-0.4, -0.2) is 33.9 Å². The number of carbonyl (C=O) groups excluding carboxylic acids is 1. The normalized spacial score (nSPS) is 10.9. The molecule has 2 heterocycles. The Morgan fingerprint density at radius 1 is 1.25 bits per heavy atom. The highest BCUT2D eigenvalue weighted by Gasteiger charge is 2.10. The maximum atomic E-state index is 12.2. The largest absolute Gasteiger partial charge is 0.494 e. The molecule has 7 heteroatoms. The van der Waals surface area contributed by atoms with Crippen molar-refractivity contribution in [2.24, 2.45) is 5.10 Å². The molecule has 0 bridgehead atoms. The maximum absolute atomic E-state index is 12.2. The van der Waals surface area contributed by atoms with E-state index in [1.54, 1.807) is 24.5 Å². The number of hydrazone groups is 1. The molecule has 0 spiro atoms. The lowest BCUT2D eigenvalue weighted by Gasteiger charge is -2.06. The van der Waals surface area contributed by atoms with Crippen molar-refractivity contribution < 1.29 is 9.53 Å². The molecule has 0 radical (unpaired) electrons. The van der Waals surface area contributed by atoms with Gasteiger partial charge in [-0.05, 0) is 42.8 Å². The lowest BCUT2D eigenvalue weighted by Crippen LogP contribution is -2.18. The second kappa shape index (κ2) is 10.0. The number of benzene rings is 1. The van der Waals surface area contributed by atoms with Crippen LogP contribution in [0.15, 0.2) is 60.0 Å². The van der Waals surface area contributed by atoms with E-state index in [0.717, 1.165) is 29.9 Å². The van der Waals surface area contributed by atoms with Crippen LogP contribution in [0.25, 0.3) is 11.3 Å². The van der Waals surface area contributed by atoms with E-state index in [-0.39, 0.29) is 5.91 Å². The molecule has 0 aliphatic heterocycles. The number of carbonyl (C=O) groups is 1. The summed E-state index contributed by atoms with van der Waals surface area (Å²) in [4.78, 5) is 16.2. The van der Waals surface area contributed by atoms with Gasteiger partial charge in [-0.15, -0.1) is 0 Å². The molecule has 0 aliphatic carbocycles. The number of amides is 1. The van der Waals surface area contributed by atoms with Crippen molar-refractivity contribution in [2.75, 3.05) is 6.61 Å². The Kier molecular flexibility index (Phi) is 6.89. The van der Waals surface area contributed by atoms with Crippen molar-refractivity contribution in [3.8, 4) is 17.0 Å². The number of rotatable bonds is 9. The van der Waals surface area contributed by atoms with Crippen LogP contribution in [0.3, 0.4) is 0 Å². The fraction of sp³-hybridized carbons (Fsp3) is 0.238. The van der Waals surface area contributed by atoms with E-state index in [2.05, 4.69) is 32.6 Å². The average molecular weight is 377 g/mol. The molecule has 0 unspecified atom stereocenters. The molecule has 2 N–H and O–H groups in total. The summed E-state index contributed by atoms with van der Waals surface area (Å²) < 4.78 is 5.71. The van der Waals surface area contributed by atoms with Gasteiger partial charge >= 0.3 is 0 Å². The van der Waals surface area contributed by atoms with Crippen molar-refractivity contribution in [1.29, 1.82) is 0 Å². The molecule has 28 heavy (non-hydrogen) atoms. The molecule has 0 fully saturated rings. The second-order valence-electron chi connectivity index (χ2n) is 6.23. The van der Waals surface area contributed by atoms with Gasteiger partial charge < -0.3 is 4.74 Å². The molecule has 0 saturated carbocycles. The number of aromatic amines is 1. The monoisotopic (exact) mass is 377 g/mol. The number of pyridine rings is 1. The van der Waals surface area contributed by atoms with Crippen LogP contribution in [0, 0.1) is 0 Å². The predicted octanol–water partition coefficient (Wildman–Crippen LogP) is 3.80. The summed E-state index contributed by atoms with van der Waals surface area (Å²) in [6.45, 7) is 2.89. The number of aromatic nitrogens is 3. The van der Waals surface area contributed by atoms with Crippen LogP contribution >= 0.6 is 0 Å². The van der Waals surface area contributed by atoms with Crippen molar-refractivity contribution >= 4 is 12.1 Å². The molecule has 0 saturated heterocycles. The molecule has 2 aromatic heterocycles. The Balaban J connectivity index is 1.55. The third-order valence-corrected chi connectivity index (χ3v) is 4.05. The van der Waals surface area contributed by atoms with Crippen LogP contribution in [0.2, 0.25) is 0 Å². The fourth-order valence-electron chi connectivity index (χ4n) is 2.53. The first kappa shape index (κ1) is 19.3. The molecular weight excluding hydrogens is 354 g/mol. The highest BCUT2D eigenvalue weighted by molar-refractivity contribution is 5.94. The van der Waals surface area contributed by atoms with Crippen molar-refractivity contribution in [3.63, 3.8) is 0 Å². The summed E-state index contributed by atoms with van der Waals surface area (Å²) in [7, 11) is 0. The fourth-order valence-corrected chi connectivity index (χ4v) is 2.53. The SMILES string of the molecule is CCCCCOc1ccc(-c2cc(C(=O)N/N=C\c3cccnc3)[nH]n2)cc1. The molecule has 1 aromatic carbocycles. The van der Waals surface area contributed by atoms with Gasteiger partial charge in [0.05, 0.1) is 18.5 Å². The van der Waals surface area contributed by atoms with E-state index in [9.17, 15) is 4.79 Å². The Morgan fingerprint density at radius 3 is 2.86 bits per heavy atom. The minimum atomic E-state index is -0.366. The van der Waals surface area contributed by atoms with E-state index in [1.165, 1.54) is 19.1 Å². The van der Waals surface area contributed by atoms with Crippen molar-refractivity contribution in [3.05, 3.63) is 66.1 Å². The summed E-state index contributed by atoms with van der Waals surface area (Å²) >= 11 is 0. The molecule has 1 amide bonds. The van der Waals surface area contributed by atoms with Gasteiger partial charge in [0.15, 0.2) is 0 Å². The van der Waals surface area contributed by atoms with E-state index in [1.807, 2.05) is 30.3 Å². The van der Waals surface area contributed by atoms with Crippen LogP contribution in [0.1, 0.15) is 42.2 Å². The highest BCUT2D eigenvalue weighted by atomic mass is 16.5. The molecule has 3 rings (SSSR count). The van der Waals surface area contributed by atoms with Gasteiger partial charge in [0, 0.05) is 23.5 Å². The van der Waals surface area contributed by atoms with Crippen molar-refractivity contribution in [2.45, 2.75) is 26.2 Å². The first-order chi connectivity index (χ1) is 13.8. The van der Waals surface area contributed by atoms with E-state index in [0.29, 0.717) is 11.4 Å². The minimum Gasteiger partial charge on any atom is -0.494 e. The summed E-state index contributed by atoms with van der Waals surface area (Å²) in [6.07, 6.45) is 8.25. The zero-order valence-corrected chi connectivity index (χ0v) is 15.8. The Bertz CT molecular complexity index is 904. The number of nitrogens with one attached hydrogen (secondary N) is 2. The number of ether oxygens (including phenoxy) is 1. The predicted molar refractivity (Wildman–Crippen MR) is 108 cm³/mol. The van der Waals surface area contributed by atoms with Gasteiger partial charge in [0.25, 0.3) is 5.91 Å². The Labute approximate surface area is 163 Å². The van der Waals surface area contributed by atoms with E-state index < -0.39 is 0 Å². The molecule has 144 valence electrons. The zero-order chi connectivity index (χ0) is 19.6. The van der Waals surface area contributed by atoms with Gasteiger partial charge in [0.1, 0.15) is 11.4 Å². The number of unbranched alkanes of at least 4 members (excludes halogenated alkanes) is 2. The first-order valence-electron chi connectivity index (χ1n) is 9.28. The highest BCUT2D eigenvalue weighted by Crippen LogP contribution is 2.21. The molecule has 3 aromatic rings. The lowest BCUT2D eigenvalue weighted by atomic mass is 10.1. The van der Waals surface area contributed by atoms with Crippen LogP contribution in [0.4, 0.5) is 0 Å². The minimum absolute atomic E-state index is 0.332. The second-order valence-corrected chi connectivity index (χ2v) is 6.23. The van der Waals surface area contributed by atoms with Crippen LogP contribution < -0.4 is 10.2 Å². The van der Waals surface area contributed by atoms with Gasteiger partial charge in [0.2, 0.25) is 0 Å². The number of hydrogen-bond acceptors (Lipinski definition) is 5. The van der Waals surface area contributed by atoms with Gasteiger partial charge in [-0.3, -0.25) is 14.9 Å². The third-order valence-electron chi connectivity index (χ3n) is 4.05. The Hall–Kier alpha value is -3.48. The van der Waals surface area contributed by atoms with Crippen LogP contribution in [0.5, 0.6) is 5.75 Å². The van der Waals surface area contributed by atoms with Gasteiger partial charge in [-0.25, -0.2) is 5.43 Å². The maximum Gasteiger partial charge on any atom is 0.289 e. The average Bonchev–Trinajstić information content (AvgIpc) is 3.23. The van der Waals surface area contributed by atoms with Gasteiger partial charge in [-0.2, -0.15) is 10.2 Å². The van der Waals surface area contributed by atoms with Gasteiger partial charge in [-0.1, -0.05) is 25.8 Å². The zero-order valence-electron chi connectivity index (χ0n) is 15.8. The topological polar surface area (TPSA) is 92.3 Å². The smallest absolute Gasteiger partial charge is 0.289 e.